The van der Waals surface area contributed by atoms with Crippen molar-refractivity contribution in [2.75, 3.05) is 32.8 Å². The van der Waals surface area contributed by atoms with Crippen LogP contribution >= 0.6 is 0 Å². The molecule has 0 saturated carbocycles. The Labute approximate surface area is 92.2 Å². The zero-order valence-corrected chi connectivity index (χ0v) is 9.45. The molecule has 3 aliphatic heterocycles. The molecule has 0 aromatic heterocycles. The Bertz CT molecular complexity index is 202. The van der Waals surface area contributed by atoms with E-state index in [-0.39, 0.29) is 0 Å². The average molecular weight is 210 g/mol. The van der Waals surface area contributed by atoms with E-state index < -0.39 is 0 Å². The van der Waals surface area contributed by atoms with Gasteiger partial charge in [0.25, 0.3) is 0 Å². The standard InChI is InChI=1S/C12H22N2O/c1-3-10-7-14(8-12(10)13-5-1)11-4-2-6-15-9-11/h10-13H,1-9H2. The predicted octanol–water partition coefficient (Wildman–Crippen LogP) is 0.849. The van der Waals surface area contributed by atoms with Gasteiger partial charge in [-0.2, -0.15) is 0 Å². The van der Waals surface area contributed by atoms with Gasteiger partial charge in [-0.3, -0.25) is 4.90 Å². The number of hydrogen-bond acceptors (Lipinski definition) is 3. The molecule has 1 N–H and O–H groups in total. The van der Waals surface area contributed by atoms with Crippen molar-refractivity contribution in [3.63, 3.8) is 0 Å². The van der Waals surface area contributed by atoms with Crippen LogP contribution in [-0.4, -0.2) is 49.8 Å². The second-order valence-corrected chi connectivity index (χ2v) is 5.29. The number of ether oxygens (including phenoxy) is 1. The molecule has 0 radical (unpaired) electrons. The van der Waals surface area contributed by atoms with Crippen LogP contribution in [0.15, 0.2) is 0 Å². The summed E-state index contributed by atoms with van der Waals surface area (Å²) in [6.07, 6.45) is 5.40. The molecule has 3 rings (SSSR count). The Morgan fingerprint density at radius 2 is 2.13 bits per heavy atom. The molecule has 3 nitrogen and oxygen atoms in total. The van der Waals surface area contributed by atoms with Gasteiger partial charge in [-0.15, -0.1) is 0 Å². The fourth-order valence-corrected chi connectivity index (χ4v) is 3.39. The van der Waals surface area contributed by atoms with Gasteiger partial charge in [0, 0.05) is 31.8 Å². The van der Waals surface area contributed by atoms with Gasteiger partial charge in [0.05, 0.1) is 6.61 Å². The van der Waals surface area contributed by atoms with Crippen LogP contribution in [0.4, 0.5) is 0 Å². The van der Waals surface area contributed by atoms with E-state index in [0.717, 1.165) is 25.2 Å². The van der Waals surface area contributed by atoms with Crippen LogP contribution in [0, 0.1) is 5.92 Å². The van der Waals surface area contributed by atoms with Crippen LogP contribution in [0.3, 0.4) is 0 Å². The van der Waals surface area contributed by atoms with E-state index in [9.17, 15) is 0 Å². The molecule has 3 aliphatic rings. The first-order chi connectivity index (χ1) is 7.43. The fourth-order valence-electron chi connectivity index (χ4n) is 3.39. The molecule has 0 spiro atoms. The number of fused-ring (bicyclic) bond motifs is 1. The van der Waals surface area contributed by atoms with Crippen molar-refractivity contribution < 1.29 is 4.74 Å². The quantitative estimate of drug-likeness (QED) is 0.694. The van der Waals surface area contributed by atoms with Crippen LogP contribution in [0.25, 0.3) is 0 Å². The summed E-state index contributed by atoms with van der Waals surface area (Å²) in [4.78, 5) is 2.67. The fraction of sp³-hybridized carbons (Fsp3) is 1.00. The molecule has 0 aromatic carbocycles. The first-order valence-electron chi connectivity index (χ1n) is 6.48. The summed E-state index contributed by atoms with van der Waals surface area (Å²) >= 11 is 0. The number of hydrogen-bond donors (Lipinski definition) is 1. The molecular weight excluding hydrogens is 188 g/mol. The molecule has 3 fully saturated rings. The second-order valence-electron chi connectivity index (χ2n) is 5.29. The van der Waals surface area contributed by atoms with Crippen molar-refractivity contribution in [1.29, 1.82) is 0 Å². The Hall–Kier alpha value is -0.120. The average Bonchev–Trinajstić information content (AvgIpc) is 2.74. The Morgan fingerprint density at radius 1 is 1.13 bits per heavy atom. The molecule has 0 aliphatic carbocycles. The Morgan fingerprint density at radius 3 is 2.93 bits per heavy atom. The van der Waals surface area contributed by atoms with Crippen LogP contribution in [0.1, 0.15) is 25.7 Å². The summed E-state index contributed by atoms with van der Waals surface area (Å²) in [7, 11) is 0. The number of rotatable bonds is 1. The van der Waals surface area contributed by atoms with E-state index >= 15 is 0 Å². The smallest absolute Gasteiger partial charge is 0.0621 e. The molecule has 0 bridgehead atoms. The zero-order chi connectivity index (χ0) is 10.1. The number of likely N-dealkylation sites (tertiary alicyclic amines) is 1. The first kappa shape index (κ1) is 10.1. The second kappa shape index (κ2) is 4.40. The lowest BCUT2D eigenvalue weighted by Crippen LogP contribution is -2.43. The van der Waals surface area contributed by atoms with Crippen molar-refractivity contribution in [1.82, 2.24) is 10.2 Å². The molecule has 3 unspecified atom stereocenters. The van der Waals surface area contributed by atoms with E-state index in [2.05, 4.69) is 10.2 Å². The van der Waals surface area contributed by atoms with E-state index in [0.29, 0.717) is 6.04 Å². The van der Waals surface area contributed by atoms with E-state index in [1.807, 2.05) is 0 Å². The number of piperidine rings is 1. The van der Waals surface area contributed by atoms with Crippen molar-refractivity contribution in [2.45, 2.75) is 37.8 Å². The van der Waals surface area contributed by atoms with Gasteiger partial charge in [0.15, 0.2) is 0 Å². The summed E-state index contributed by atoms with van der Waals surface area (Å²) in [5, 5.41) is 3.67. The van der Waals surface area contributed by atoms with E-state index in [1.54, 1.807) is 0 Å². The highest BCUT2D eigenvalue weighted by Gasteiger charge is 2.37. The van der Waals surface area contributed by atoms with Crippen LogP contribution in [-0.2, 0) is 4.74 Å². The predicted molar refractivity (Wildman–Crippen MR) is 59.9 cm³/mol. The van der Waals surface area contributed by atoms with Gasteiger partial charge in [0.1, 0.15) is 0 Å². The van der Waals surface area contributed by atoms with Crippen molar-refractivity contribution >= 4 is 0 Å². The molecule has 3 saturated heterocycles. The van der Waals surface area contributed by atoms with Crippen molar-refractivity contribution in [2.24, 2.45) is 5.92 Å². The maximum Gasteiger partial charge on any atom is 0.0621 e. The minimum absolute atomic E-state index is 0.714. The van der Waals surface area contributed by atoms with Gasteiger partial charge in [-0.05, 0) is 38.1 Å². The lowest BCUT2D eigenvalue weighted by atomic mass is 9.94. The van der Waals surface area contributed by atoms with Gasteiger partial charge < -0.3 is 10.1 Å². The largest absolute Gasteiger partial charge is 0.380 e. The van der Waals surface area contributed by atoms with Crippen LogP contribution in [0.2, 0.25) is 0 Å². The maximum absolute atomic E-state index is 5.59. The molecule has 3 heterocycles. The molecule has 3 heteroatoms. The highest BCUT2D eigenvalue weighted by atomic mass is 16.5. The normalized spacial score (nSPS) is 42.8. The lowest BCUT2D eigenvalue weighted by molar-refractivity contribution is 0.0251. The van der Waals surface area contributed by atoms with Crippen molar-refractivity contribution in [3.8, 4) is 0 Å². The summed E-state index contributed by atoms with van der Waals surface area (Å²) in [6, 6.07) is 1.49. The van der Waals surface area contributed by atoms with Gasteiger partial charge in [-0.25, -0.2) is 0 Å². The van der Waals surface area contributed by atoms with Crippen LogP contribution < -0.4 is 5.32 Å². The monoisotopic (exact) mass is 210 g/mol. The number of nitrogens with zero attached hydrogens (tertiary/aromatic N) is 1. The highest BCUT2D eigenvalue weighted by Crippen LogP contribution is 2.28. The molecule has 3 atom stereocenters. The first-order valence-corrected chi connectivity index (χ1v) is 6.48. The summed E-state index contributed by atoms with van der Waals surface area (Å²) < 4.78 is 5.59. The minimum atomic E-state index is 0.714. The summed E-state index contributed by atoms with van der Waals surface area (Å²) in [6.45, 7) is 5.76. The third kappa shape index (κ3) is 2.05. The Kier molecular flexibility index (Phi) is 2.95. The molecule has 0 aromatic rings. The van der Waals surface area contributed by atoms with Gasteiger partial charge >= 0.3 is 0 Å². The van der Waals surface area contributed by atoms with Crippen LogP contribution in [0.5, 0.6) is 0 Å². The summed E-state index contributed by atoms with van der Waals surface area (Å²) in [5.41, 5.74) is 0. The molecular formula is C12H22N2O. The third-order valence-electron chi connectivity index (χ3n) is 4.28. The van der Waals surface area contributed by atoms with E-state index in [1.165, 1.54) is 45.3 Å². The molecule has 0 amide bonds. The van der Waals surface area contributed by atoms with Crippen molar-refractivity contribution in [3.05, 3.63) is 0 Å². The SMILES string of the molecule is C1CNC2CN(C3CCCOC3)CC2C1. The number of nitrogens with one attached hydrogen (secondary N) is 1. The lowest BCUT2D eigenvalue weighted by Gasteiger charge is -2.30. The Balaban J connectivity index is 1.59. The van der Waals surface area contributed by atoms with Gasteiger partial charge in [-0.1, -0.05) is 0 Å². The maximum atomic E-state index is 5.59. The third-order valence-corrected chi connectivity index (χ3v) is 4.28. The molecule has 86 valence electrons. The highest BCUT2D eigenvalue weighted by molar-refractivity contribution is 4.94. The summed E-state index contributed by atoms with van der Waals surface area (Å²) in [5.74, 6) is 0.917. The topological polar surface area (TPSA) is 24.5 Å². The molecule has 15 heavy (non-hydrogen) atoms. The van der Waals surface area contributed by atoms with E-state index in [4.69, 9.17) is 4.74 Å². The zero-order valence-electron chi connectivity index (χ0n) is 9.45. The minimum Gasteiger partial charge on any atom is -0.380 e. The van der Waals surface area contributed by atoms with Gasteiger partial charge in [0.2, 0.25) is 0 Å².